The number of hydrogen-bond donors (Lipinski definition) is 0. The van der Waals surface area contributed by atoms with Gasteiger partial charge in [-0.25, -0.2) is 13.2 Å². The van der Waals surface area contributed by atoms with Crippen LogP contribution in [0.25, 0.3) is 11.0 Å². The summed E-state index contributed by atoms with van der Waals surface area (Å²) in [4.78, 5) is 12.2. The first-order valence-electron chi connectivity index (χ1n) is 7.53. The monoisotopic (exact) mass is 339 g/mol. The van der Waals surface area contributed by atoms with Gasteiger partial charge in [0.1, 0.15) is 0 Å². The van der Waals surface area contributed by atoms with Gasteiger partial charge in [-0.05, 0) is 32.0 Å². The van der Waals surface area contributed by atoms with E-state index < -0.39 is 10.0 Å². The lowest BCUT2D eigenvalue weighted by Gasteiger charge is -2.34. The van der Waals surface area contributed by atoms with E-state index in [1.807, 2.05) is 13.8 Å². The molecule has 0 amide bonds. The van der Waals surface area contributed by atoms with E-state index in [1.54, 1.807) is 32.3 Å². The molecule has 7 nitrogen and oxygen atoms in total. The Morgan fingerprint density at radius 2 is 1.61 bits per heavy atom. The predicted octanol–water partition coefficient (Wildman–Crippen LogP) is 0.675. The van der Waals surface area contributed by atoms with Crippen molar-refractivity contribution in [2.24, 2.45) is 14.1 Å². The van der Waals surface area contributed by atoms with Gasteiger partial charge < -0.3 is 4.74 Å². The standard InChI is InChI=1S/C15H21N3O4S/c1-10-8-18(9-11(2)22-10)23(20,21)12-5-6-13-14(7-12)17(4)15(19)16(13)3/h5-7,10-11H,8-9H2,1-4H3. The van der Waals surface area contributed by atoms with Crippen molar-refractivity contribution in [2.45, 2.75) is 31.0 Å². The van der Waals surface area contributed by atoms with E-state index in [0.717, 1.165) is 0 Å². The molecule has 0 bridgehead atoms. The highest BCUT2D eigenvalue weighted by Crippen LogP contribution is 2.24. The zero-order valence-corrected chi connectivity index (χ0v) is 14.5. The van der Waals surface area contributed by atoms with Crippen molar-refractivity contribution in [1.82, 2.24) is 13.4 Å². The van der Waals surface area contributed by atoms with Crippen molar-refractivity contribution < 1.29 is 13.2 Å². The fraction of sp³-hybridized carbons (Fsp3) is 0.533. The van der Waals surface area contributed by atoms with Gasteiger partial charge in [-0.1, -0.05) is 0 Å². The molecule has 2 aromatic rings. The Labute approximate surface area is 135 Å². The number of imidazole rings is 1. The molecule has 0 aliphatic carbocycles. The maximum absolute atomic E-state index is 12.9. The van der Waals surface area contributed by atoms with Gasteiger partial charge >= 0.3 is 5.69 Å². The molecule has 2 unspecified atom stereocenters. The van der Waals surface area contributed by atoms with Crippen molar-refractivity contribution in [3.63, 3.8) is 0 Å². The van der Waals surface area contributed by atoms with Crippen LogP contribution in [0.4, 0.5) is 0 Å². The topological polar surface area (TPSA) is 73.5 Å². The molecule has 126 valence electrons. The third kappa shape index (κ3) is 2.60. The third-order valence-electron chi connectivity index (χ3n) is 4.27. The number of sulfonamides is 1. The molecular weight excluding hydrogens is 318 g/mol. The highest BCUT2D eigenvalue weighted by atomic mass is 32.2. The molecule has 23 heavy (non-hydrogen) atoms. The molecule has 1 aliphatic heterocycles. The number of fused-ring (bicyclic) bond motifs is 1. The predicted molar refractivity (Wildman–Crippen MR) is 86.9 cm³/mol. The van der Waals surface area contributed by atoms with Gasteiger partial charge in [0.25, 0.3) is 0 Å². The molecule has 2 atom stereocenters. The molecule has 1 aliphatic rings. The van der Waals surface area contributed by atoms with Gasteiger partial charge in [0.2, 0.25) is 10.0 Å². The first-order valence-corrected chi connectivity index (χ1v) is 8.97. The summed E-state index contributed by atoms with van der Waals surface area (Å²) in [5.74, 6) is 0. The van der Waals surface area contributed by atoms with Crippen LogP contribution in [0, 0.1) is 0 Å². The van der Waals surface area contributed by atoms with Gasteiger partial charge in [-0.3, -0.25) is 9.13 Å². The smallest absolute Gasteiger partial charge is 0.328 e. The van der Waals surface area contributed by atoms with Crippen LogP contribution in [0.3, 0.4) is 0 Å². The van der Waals surface area contributed by atoms with Crippen LogP contribution in [0.1, 0.15) is 13.8 Å². The number of aromatic nitrogens is 2. The third-order valence-corrected chi connectivity index (χ3v) is 6.09. The summed E-state index contributed by atoms with van der Waals surface area (Å²) in [6.45, 7) is 4.39. The molecule has 0 spiro atoms. The van der Waals surface area contributed by atoms with Crippen LogP contribution < -0.4 is 5.69 Å². The van der Waals surface area contributed by atoms with Gasteiger partial charge in [0, 0.05) is 27.2 Å². The van der Waals surface area contributed by atoms with Crippen molar-refractivity contribution in [3.8, 4) is 0 Å². The molecular formula is C15H21N3O4S. The molecule has 2 heterocycles. The largest absolute Gasteiger partial charge is 0.373 e. The van der Waals surface area contributed by atoms with Crippen molar-refractivity contribution >= 4 is 21.1 Å². The Hall–Kier alpha value is -1.64. The molecule has 1 saturated heterocycles. The second-order valence-electron chi connectivity index (χ2n) is 6.13. The second kappa shape index (κ2) is 5.47. The molecule has 1 aromatic heterocycles. The number of aryl methyl sites for hydroxylation is 2. The Kier molecular flexibility index (Phi) is 3.86. The van der Waals surface area contributed by atoms with Gasteiger partial charge in [0.05, 0.1) is 28.1 Å². The fourth-order valence-electron chi connectivity index (χ4n) is 3.12. The van der Waals surface area contributed by atoms with Crippen LogP contribution in [-0.4, -0.2) is 47.2 Å². The van der Waals surface area contributed by atoms with Crippen LogP contribution >= 0.6 is 0 Å². The van der Waals surface area contributed by atoms with Crippen molar-refractivity contribution in [3.05, 3.63) is 28.7 Å². The van der Waals surface area contributed by atoms with E-state index in [-0.39, 0.29) is 22.8 Å². The summed E-state index contributed by atoms with van der Waals surface area (Å²) < 4.78 is 35.8. The summed E-state index contributed by atoms with van der Waals surface area (Å²) in [6, 6.07) is 4.80. The zero-order valence-electron chi connectivity index (χ0n) is 13.7. The average molecular weight is 339 g/mol. The number of rotatable bonds is 2. The number of morpholine rings is 1. The Morgan fingerprint density at radius 1 is 1.04 bits per heavy atom. The average Bonchev–Trinajstić information content (AvgIpc) is 2.71. The minimum atomic E-state index is -3.61. The maximum Gasteiger partial charge on any atom is 0.328 e. The minimum Gasteiger partial charge on any atom is -0.373 e. The van der Waals surface area contributed by atoms with Crippen molar-refractivity contribution in [1.29, 1.82) is 0 Å². The van der Waals surface area contributed by atoms with E-state index in [9.17, 15) is 13.2 Å². The number of ether oxygens (including phenoxy) is 1. The van der Waals surface area contributed by atoms with E-state index in [0.29, 0.717) is 24.1 Å². The molecule has 1 aromatic carbocycles. The first-order chi connectivity index (χ1) is 10.7. The normalized spacial score (nSPS) is 23.5. The van der Waals surface area contributed by atoms with Crippen LogP contribution in [0.15, 0.2) is 27.9 Å². The molecule has 8 heteroatoms. The lowest BCUT2D eigenvalue weighted by atomic mass is 10.3. The SMILES string of the molecule is CC1CN(S(=O)(=O)c2ccc3c(c2)n(C)c(=O)n3C)CC(C)O1. The summed E-state index contributed by atoms with van der Waals surface area (Å²) in [6.07, 6.45) is -0.281. The highest BCUT2D eigenvalue weighted by Gasteiger charge is 2.32. The Balaban J connectivity index is 2.08. The number of nitrogens with zero attached hydrogens (tertiary/aromatic N) is 3. The Morgan fingerprint density at radius 3 is 2.22 bits per heavy atom. The van der Waals surface area contributed by atoms with Crippen LogP contribution in [0.2, 0.25) is 0 Å². The zero-order chi connectivity index (χ0) is 16.9. The van der Waals surface area contributed by atoms with Gasteiger partial charge in [-0.15, -0.1) is 0 Å². The molecule has 1 fully saturated rings. The molecule has 3 rings (SSSR count). The number of hydrogen-bond acceptors (Lipinski definition) is 4. The van der Waals surface area contributed by atoms with E-state index in [4.69, 9.17) is 4.74 Å². The van der Waals surface area contributed by atoms with E-state index in [1.165, 1.54) is 13.4 Å². The molecule has 0 radical (unpaired) electrons. The summed E-state index contributed by atoms with van der Waals surface area (Å²) in [5, 5.41) is 0. The second-order valence-corrected chi connectivity index (χ2v) is 8.07. The van der Waals surface area contributed by atoms with Crippen LogP contribution in [-0.2, 0) is 28.9 Å². The highest BCUT2D eigenvalue weighted by molar-refractivity contribution is 7.89. The Bertz CT molecular complexity index is 903. The van der Waals surface area contributed by atoms with Crippen LogP contribution in [0.5, 0.6) is 0 Å². The number of benzene rings is 1. The summed E-state index contributed by atoms with van der Waals surface area (Å²) >= 11 is 0. The summed E-state index contributed by atoms with van der Waals surface area (Å²) in [7, 11) is -0.301. The van der Waals surface area contributed by atoms with Gasteiger partial charge in [-0.2, -0.15) is 4.31 Å². The van der Waals surface area contributed by atoms with E-state index >= 15 is 0 Å². The van der Waals surface area contributed by atoms with Gasteiger partial charge in [0.15, 0.2) is 0 Å². The summed E-state index contributed by atoms with van der Waals surface area (Å²) in [5.41, 5.74) is 1.14. The molecule has 0 saturated carbocycles. The van der Waals surface area contributed by atoms with E-state index in [2.05, 4.69) is 0 Å². The first kappa shape index (κ1) is 16.2. The lowest BCUT2D eigenvalue weighted by molar-refractivity contribution is -0.0440. The fourth-order valence-corrected chi connectivity index (χ4v) is 4.73. The maximum atomic E-state index is 12.9. The molecule has 0 N–H and O–H groups in total. The van der Waals surface area contributed by atoms with Crippen molar-refractivity contribution in [2.75, 3.05) is 13.1 Å². The quantitative estimate of drug-likeness (QED) is 0.806. The lowest BCUT2D eigenvalue weighted by Crippen LogP contribution is -2.48. The minimum absolute atomic E-state index is 0.140.